The first-order valence-corrected chi connectivity index (χ1v) is 12.0. The van der Waals surface area contributed by atoms with Gasteiger partial charge in [0, 0.05) is 30.9 Å². The Morgan fingerprint density at radius 3 is 3.03 bits per heavy atom. The molecular weight excluding hydrogens is 430 g/mol. The second-order valence-electron chi connectivity index (χ2n) is 9.18. The minimum absolute atomic E-state index is 0.289. The van der Waals surface area contributed by atoms with E-state index >= 15 is 0 Å². The average molecular weight is 462 g/mol. The first-order valence-electron chi connectivity index (χ1n) is 12.0. The van der Waals surface area contributed by atoms with Crippen molar-refractivity contribution in [2.24, 2.45) is 5.92 Å². The summed E-state index contributed by atoms with van der Waals surface area (Å²) in [6.45, 7) is 3.49. The molecule has 3 heterocycles. The number of nitrogens with one attached hydrogen (secondary N) is 2. The van der Waals surface area contributed by atoms with Crippen LogP contribution in [0, 0.1) is 17.2 Å². The number of aliphatic carboxylic acids is 1. The summed E-state index contributed by atoms with van der Waals surface area (Å²) in [6.07, 6.45) is 5.70. The van der Waals surface area contributed by atoms with Crippen LogP contribution in [0.3, 0.4) is 0 Å². The van der Waals surface area contributed by atoms with Gasteiger partial charge >= 0.3 is 5.97 Å². The van der Waals surface area contributed by atoms with Crippen LogP contribution >= 0.6 is 0 Å². The number of likely N-dealkylation sites (tertiary alicyclic amines) is 1. The number of carbonyl (C=O) groups is 2. The number of rotatable bonds is 9. The average Bonchev–Trinajstić information content (AvgIpc) is 3.32. The molecule has 0 radical (unpaired) electrons. The Hall–Kier alpha value is -3.44. The van der Waals surface area contributed by atoms with Gasteiger partial charge in [0.1, 0.15) is 11.9 Å². The molecule has 1 amide bonds. The SMILES string of the molecule is N#Cc1cccc(C(=O)N[C@@H](CCN2CC[C@@H](CCc3ccc4c(n3)NCCC4)C2)C(=O)O)c1. The van der Waals surface area contributed by atoms with Gasteiger partial charge in [-0.25, -0.2) is 9.78 Å². The Balaban J connectivity index is 1.23. The Bertz CT molecular complexity index is 1080. The molecule has 1 fully saturated rings. The van der Waals surface area contributed by atoms with E-state index in [2.05, 4.69) is 27.7 Å². The summed E-state index contributed by atoms with van der Waals surface area (Å²) in [5.74, 6) is 0.0822. The van der Waals surface area contributed by atoms with Crippen LogP contribution in [0.4, 0.5) is 5.82 Å². The van der Waals surface area contributed by atoms with Crippen molar-refractivity contribution in [1.29, 1.82) is 5.26 Å². The number of benzene rings is 1. The molecule has 8 nitrogen and oxygen atoms in total. The zero-order valence-electron chi connectivity index (χ0n) is 19.3. The fraction of sp³-hybridized carbons (Fsp3) is 0.462. The van der Waals surface area contributed by atoms with Gasteiger partial charge in [-0.3, -0.25) is 4.79 Å². The highest BCUT2D eigenvalue weighted by atomic mass is 16.4. The highest BCUT2D eigenvalue weighted by molar-refractivity contribution is 5.96. The number of fused-ring (bicyclic) bond motifs is 1. The maximum atomic E-state index is 12.5. The molecular formula is C26H31N5O3. The van der Waals surface area contributed by atoms with Gasteiger partial charge in [-0.15, -0.1) is 0 Å². The largest absolute Gasteiger partial charge is 0.480 e. The summed E-state index contributed by atoms with van der Waals surface area (Å²) in [7, 11) is 0. The van der Waals surface area contributed by atoms with E-state index in [-0.39, 0.29) is 5.56 Å². The first-order chi connectivity index (χ1) is 16.5. The number of hydrogen-bond donors (Lipinski definition) is 3. The van der Waals surface area contributed by atoms with Crippen molar-refractivity contribution in [2.75, 3.05) is 31.5 Å². The maximum absolute atomic E-state index is 12.5. The molecule has 8 heteroatoms. The number of aryl methyl sites for hydroxylation is 2. The van der Waals surface area contributed by atoms with Crippen molar-refractivity contribution in [2.45, 2.75) is 44.6 Å². The Morgan fingerprint density at radius 1 is 1.32 bits per heavy atom. The molecule has 2 aromatic rings. The van der Waals surface area contributed by atoms with Crippen molar-refractivity contribution in [3.05, 3.63) is 58.8 Å². The summed E-state index contributed by atoms with van der Waals surface area (Å²) in [5.41, 5.74) is 3.09. The van der Waals surface area contributed by atoms with Crippen molar-refractivity contribution in [3.63, 3.8) is 0 Å². The summed E-state index contributed by atoms with van der Waals surface area (Å²) in [6, 6.07) is 11.6. The van der Waals surface area contributed by atoms with Gasteiger partial charge in [-0.1, -0.05) is 12.1 Å². The van der Waals surface area contributed by atoms with Crippen molar-refractivity contribution >= 4 is 17.7 Å². The lowest BCUT2D eigenvalue weighted by Crippen LogP contribution is -2.43. The molecule has 2 aliphatic rings. The van der Waals surface area contributed by atoms with Crippen molar-refractivity contribution < 1.29 is 14.7 Å². The Kier molecular flexibility index (Phi) is 7.76. The van der Waals surface area contributed by atoms with Crippen molar-refractivity contribution in [3.8, 4) is 6.07 Å². The molecule has 0 spiro atoms. The topological polar surface area (TPSA) is 118 Å². The van der Waals surface area contributed by atoms with Gasteiger partial charge in [-0.05, 0) is 80.8 Å². The smallest absolute Gasteiger partial charge is 0.326 e. The quantitative estimate of drug-likeness (QED) is 0.525. The minimum Gasteiger partial charge on any atom is -0.480 e. The second kappa shape index (κ2) is 11.1. The molecule has 0 aliphatic carbocycles. The number of aromatic nitrogens is 1. The highest BCUT2D eigenvalue weighted by Crippen LogP contribution is 2.24. The predicted molar refractivity (Wildman–Crippen MR) is 129 cm³/mol. The zero-order valence-corrected chi connectivity index (χ0v) is 19.3. The van der Waals surface area contributed by atoms with E-state index in [0.717, 1.165) is 63.3 Å². The fourth-order valence-electron chi connectivity index (χ4n) is 4.75. The van der Waals surface area contributed by atoms with Gasteiger partial charge in [-0.2, -0.15) is 5.26 Å². The number of pyridine rings is 1. The number of carboxylic acids is 1. The van der Waals surface area contributed by atoms with Crippen LogP contribution < -0.4 is 10.6 Å². The molecule has 1 aromatic carbocycles. The van der Waals surface area contributed by atoms with Gasteiger partial charge < -0.3 is 20.6 Å². The van der Waals surface area contributed by atoms with Crippen LogP contribution in [-0.2, 0) is 17.6 Å². The van der Waals surface area contributed by atoms with E-state index in [1.807, 2.05) is 6.07 Å². The van der Waals surface area contributed by atoms with E-state index in [4.69, 9.17) is 10.2 Å². The monoisotopic (exact) mass is 461 g/mol. The third-order valence-corrected chi connectivity index (χ3v) is 6.72. The summed E-state index contributed by atoms with van der Waals surface area (Å²) < 4.78 is 0. The summed E-state index contributed by atoms with van der Waals surface area (Å²) in [4.78, 5) is 31.3. The molecule has 1 aromatic heterocycles. The number of nitrogens with zero attached hydrogens (tertiary/aromatic N) is 3. The molecule has 1 saturated heterocycles. The predicted octanol–water partition coefficient (Wildman–Crippen LogP) is 2.84. The maximum Gasteiger partial charge on any atom is 0.326 e. The van der Waals surface area contributed by atoms with Crippen LogP contribution in [0.25, 0.3) is 0 Å². The van der Waals surface area contributed by atoms with Crippen LogP contribution in [0.15, 0.2) is 36.4 Å². The third kappa shape index (κ3) is 6.12. The minimum atomic E-state index is -1.05. The molecule has 2 aliphatic heterocycles. The molecule has 0 bridgehead atoms. The Morgan fingerprint density at radius 2 is 2.21 bits per heavy atom. The number of carbonyl (C=O) groups excluding carboxylic acids is 1. The summed E-state index contributed by atoms with van der Waals surface area (Å²) >= 11 is 0. The molecule has 34 heavy (non-hydrogen) atoms. The number of hydrogen-bond acceptors (Lipinski definition) is 6. The van der Waals surface area contributed by atoms with Crippen LogP contribution in [0.2, 0.25) is 0 Å². The number of nitriles is 1. The standard InChI is InChI=1S/C26H31N5O3/c27-16-19-3-1-4-21(15-19)25(32)30-23(26(33)34)11-14-31-13-10-18(17-31)6-8-22-9-7-20-5-2-12-28-24(20)29-22/h1,3-4,7,9,15,18,23H,2,5-6,8,10-14,17H2,(H,28,29)(H,30,32)(H,33,34)/t18-,23+/m1/s1. The van der Waals surface area contributed by atoms with Crippen LogP contribution in [0.5, 0.6) is 0 Å². The lowest BCUT2D eigenvalue weighted by molar-refractivity contribution is -0.139. The van der Waals surface area contributed by atoms with Crippen LogP contribution in [-0.4, -0.2) is 59.1 Å². The number of carboxylic acid groups (broad SMARTS) is 1. The van der Waals surface area contributed by atoms with E-state index in [1.165, 1.54) is 11.6 Å². The molecule has 3 N–H and O–H groups in total. The number of anilines is 1. The third-order valence-electron chi connectivity index (χ3n) is 6.72. The second-order valence-corrected chi connectivity index (χ2v) is 9.18. The number of amides is 1. The van der Waals surface area contributed by atoms with E-state index < -0.39 is 17.9 Å². The zero-order chi connectivity index (χ0) is 23.9. The summed E-state index contributed by atoms with van der Waals surface area (Å²) in [5, 5.41) is 24.6. The lowest BCUT2D eigenvalue weighted by atomic mass is 10.00. The van der Waals surface area contributed by atoms with Gasteiger partial charge in [0.2, 0.25) is 0 Å². The normalized spacial score (nSPS) is 18.4. The van der Waals surface area contributed by atoms with E-state index in [1.54, 1.807) is 18.2 Å². The van der Waals surface area contributed by atoms with Gasteiger partial charge in [0.15, 0.2) is 0 Å². The first kappa shape index (κ1) is 23.7. The van der Waals surface area contributed by atoms with E-state index in [0.29, 0.717) is 24.4 Å². The Labute approximate surface area is 200 Å². The van der Waals surface area contributed by atoms with Crippen molar-refractivity contribution in [1.82, 2.24) is 15.2 Å². The van der Waals surface area contributed by atoms with Gasteiger partial charge in [0.25, 0.3) is 5.91 Å². The lowest BCUT2D eigenvalue weighted by Gasteiger charge is -2.20. The van der Waals surface area contributed by atoms with Gasteiger partial charge in [0.05, 0.1) is 11.6 Å². The molecule has 178 valence electrons. The molecule has 4 rings (SSSR count). The molecule has 0 unspecified atom stereocenters. The highest BCUT2D eigenvalue weighted by Gasteiger charge is 2.26. The van der Waals surface area contributed by atoms with Crippen LogP contribution in [0.1, 0.15) is 52.9 Å². The molecule has 2 atom stereocenters. The molecule has 0 saturated carbocycles. The fourth-order valence-corrected chi connectivity index (χ4v) is 4.75. The van der Waals surface area contributed by atoms with E-state index in [9.17, 15) is 14.7 Å².